The molecule has 0 spiro atoms. The van der Waals surface area contributed by atoms with Crippen LogP contribution in [0.3, 0.4) is 0 Å². The van der Waals surface area contributed by atoms with Gasteiger partial charge in [-0.1, -0.05) is 17.7 Å². The summed E-state index contributed by atoms with van der Waals surface area (Å²) < 4.78 is 5.38. The van der Waals surface area contributed by atoms with Gasteiger partial charge in [0.25, 0.3) is 5.91 Å². The number of nitrogens with one attached hydrogen (secondary N) is 1. The average Bonchev–Trinajstić information content (AvgIpc) is 2.31. The monoisotopic (exact) mass is 270 g/mol. The third-order valence-corrected chi connectivity index (χ3v) is 2.68. The number of hydrogen-bond acceptors (Lipinski definition) is 3. The maximum atomic E-state index is 11.8. The number of halogens is 1. The van der Waals surface area contributed by atoms with E-state index < -0.39 is 0 Å². The molecule has 0 saturated carbocycles. The molecule has 0 radical (unpaired) electrons. The van der Waals surface area contributed by atoms with Crippen molar-refractivity contribution in [3.8, 4) is 0 Å². The first-order chi connectivity index (χ1) is 8.52. The molecule has 1 rings (SSSR count). The Hall–Kier alpha value is -1.26. The Kier molecular flexibility index (Phi) is 5.95. The van der Waals surface area contributed by atoms with E-state index in [2.05, 4.69) is 5.32 Å². The third kappa shape index (κ3) is 4.55. The van der Waals surface area contributed by atoms with Crippen molar-refractivity contribution in [3.05, 3.63) is 28.8 Å². The van der Waals surface area contributed by atoms with Crippen molar-refractivity contribution in [3.63, 3.8) is 0 Å². The van der Waals surface area contributed by atoms with E-state index in [0.717, 1.165) is 6.42 Å². The van der Waals surface area contributed by atoms with E-state index in [1.54, 1.807) is 18.2 Å². The molecule has 0 bridgehead atoms. The van der Waals surface area contributed by atoms with Crippen molar-refractivity contribution in [2.24, 2.45) is 0 Å². The second kappa shape index (κ2) is 7.24. The molecule has 1 amide bonds. The lowest BCUT2D eigenvalue weighted by Gasteiger charge is -2.09. The van der Waals surface area contributed by atoms with Gasteiger partial charge in [0.1, 0.15) is 0 Å². The van der Waals surface area contributed by atoms with E-state index in [1.165, 1.54) is 0 Å². The Balaban J connectivity index is 2.39. The van der Waals surface area contributed by atoms with Crippen LogP contribution in [0, 0.1) is 0 Å². The molecular formula is C13H19ClN2O2. The highest BCUT2D eigenvalue weighted by molar-refractivity contribution is 6.33. The standard InChI is InChI=1S/C13H19ClN2O2/c1-9(2)18-8-4-7-16-13(17)10-5-3-6-11(14)12(10)15/h3,5-6,9H,4,7-8,15H2,1-2H3,(H,16,17). The molecule has 1 aromatic carbocycles. The number of ether oxygens (including phenoxy) is 1. The molecule has 1 aromatic rings. The zero-order valence-corrected chi connectivity index (χ0v) is 11.5. The largest absolute Gasteiger partial charge is 0.397 e. The number of amides is 1. The van der Waals surface area contributed by atoms with Crippen LogP contribution in [0.25, 0.3) is 0 Å². The van der Waals surface area contributed by atoms with E-state index >= 15 is 0 Å². The molecule has 0 saturated heterocycles. The summed E-state index contributed by atoms with van der Waals surface area (Å²) >= 11 is 5.85. The van der Waals surface area contributed by atoms with Crippen molar-refractivity contribution in [2.45, 2.75) is 26.4 Å². The molecule has 0 aliphatic heterocycles. The molecule has 0 atom stereocenters. The number of hydrogen-bond donors (Lipinski definition) is 2. The molecule has 0 aromatic heterocycles. The molecule has 0 heterocycles. The summed E-state index contributed by atoms with van der Waals surface area (Å²) in [7, 11) is 0. The van der Waals surface area contributed by atoms with Gasteiger partial charge in [-0.05, 0) is 32.4 Å². The van der Waals surface area contributed by atoms with Gasteiger partial charge in [-0.15, -0.1) is 0 Å². The fraction of sp³-hybridized carbons (Fsp3) is 0.462. The number of benzene rings is 1. The second-order valence-electron chi connectivity index (χ2n) is 4.23. The van der Waals surface area contributed by atoms with Gasteiger partial charge in [0, 0.05) is 13.2 Å². The van der Waals surface area contributed by atoms with Crippen molar-refractivity contribution in [2.75, 3.05) is 18.9 Å². The molecule has 0 aliphatic rings. The molecule has 3 N–H and O–H groups in total. The Bertz CT molecular complexity index is 408. The predicted molar refractivity (Wildman–Crippen MR) is 73.9 cm³/mol. The maximum absolute atomic E-state index is 11.8. The number of nitrogen functional groups attached to an aromatic ring is 1. The van der Waals surface area contributed by atoms with E-state index in [4.69, 9.17) is 22.1 Å². The summed E-state index contributed by atoms with van der Waals surface area (Å²) in [6.45, 7) is 5.14. The summed E-state index contributed by atoms with van der Waals surface area (Å²) in [5, 5.41) is 3.18. The zero-order valence-electron chi connectivity index (χ0n) is 10.7. The van der Waals surface area contributed by atoms with Crippen LogP contribution in [0.2, 0.25) is 5.02 Å². The first kappa shape index (κ1) is 14.8. The van der Waals surface area contributed by atoms with Gasteiger partial charge in [0.2, 0.25) is 0 Å². The summed E-state index contributed by atoms with van der Waals surface area (Å²) in [5.41, 5.74) is 6.46. The van der Waals surface area contributed by atoms with E-state index in [1.807, 2.05) is 13.8 Å². The number of carbonyl (C=O) groups is 1. The van der Waals surface area contributed by atoms with Crippen molar-refractivity contribution >= 4 is 23.2 Å². The quantitative estimate of drug-likeness (QED) is 0.616. The van der Waals surface area contributed by atoms with Crippen molar-refractivity contribution < 1.29 is 9.53 Å². The molecule has 0 unspecified atom stereocenters. The lowest BCUT2D eigenvalue weighted by Crippen LogP contribution is -2.26. The van der Waals surface area contributed by atoms with Gasteiger partial charge >= 0.3 is 0 Å². The summed E-state index contributed by atoms with van der Waals surface area (Å²) in [6.07, 6.45) is 0.981. The topological polar surface area (TPSA) is 64.3 Å². The van der Waals surface area contributed by atoms with Crippen LogP contribution >= 0.6 is 11.6 Å². The van der Waals surface area contributed by atoms with Gasteiger partial charge in [-0.25, -0.2) is 0 Å². The Morgan fingerprint density at radius 2 is 2.22 bits per heavy atom. The second-order valence-corrected chi connectivity index (χ2v) is 4.64. The van der Waals surface area contributed by atoms with Gasteiger partial charge in [0.05, 0.1) is 22.4 Å². The number of anilines is 1. The maximum Gasteiger partial charge on any atom is 0.253 e. The lowest BCUT2D eigenvalue weighted by atomic mass is 10.1. The number of para-hydroxylation sites is 1. The van der Waals surface area contributed by atoms with Crippen LogP contribution in [0.5, 0.6) is 0 Å². The SMILES string of the molecule is CC(C)OCCCNC(=O)c1cccc(Cl)c1N. The van der Waals surface area contributed by atoms with Crippen LogP contribution < -0.4 is 11.1 Å². The van der Waals surface area contributed by atoms with Gasteiger partial charge in [0.15, 0.2) is 0 Å². The first-order valence-electron chi connectivity index (χ1n) is 5.96. The van der Waals surface area contributed by atoms with Crippen LogP contribution in [-0.4, -0.2) is 25.2 Å². The zero-order chi connectivity index (χ0) is 13.5. The minimum atomic E-state index is -0.209. The van der Waals surface area contributed by atoms with Crippen LogP contribution in [0.15, 0.2) is 18.2 Å². The van der Waals surface area contributed by atoms with E-state index in [9.17, 15) is 4.79 Å². The minimum absolute atomic E-state index is 0.209. The van der Waals surface area contributed by atoms with Gasteiger partial charge in [-0.2, -0.15) is 0 Å². The van der Waals surface area contributed by atoms with Gasteiger partial charge < -0.3 is 15.8 Å². The van der Waals surface area contributed by atoms with E-state index in [-0.39, 0.29) is 12.0 Å². The summed E-state index contributed by atoms with van der Waals surface area (Å²) in [6, 6.07) is 5.01. The highest BCUT2D eigenvalue weighted by atomic mass is 35.5. The Labute approximate surface area is 112 Å². The highest BCUT2D eigenvalue weighted by Crippen LogP contribution is 2.22. The van der Waals surface area contributed by atoms with Crippen LogP contribution in [-0.2, 0) is 4.74 Å². The molecular weight excluding hydrogens is 252 g/mol. The number of nitrogens with two attached hydrogens (primary N) is 1. The van der Waals surface area contributed by atoms with Crippen molar-refractivity contribution in [1.29, 1.82) is 0 Å². The van der Waals surface area contributed by atoms with Crippen LogP contribution in [0.4, 0.5) is 5.69 Å². The third-order valence-electron chi connectivity index (χ3n) is 2.36. The summed E-state index contributed by atoms with van der Waals surface area (Å²) in [5.74, 6) is -0.209. The minimum Gasteiger partial charge on any atom is -0.397 e. The van der Waals surface area contributed by atoms with E-state index in [0.29, 0.717) is 29.4 Å². The molecule has 0 aliphatic carbocycles. The predicted octanol–water partition coefficient (Wildman–Crippen LogP) is 2.47. The molecule has 4 nitrogen and oxygen atoms in total. The normalized spacial score (nSPS) is 10.7. The highest BCUT2D eigenvalue weighted by Gasteiger charge is 2.10. The number of rotatable bonds is 6. The van der Waals surface area contributed by atoms with Crippen molar-refractivity contribution in [1.82, 2.24) is 5.32 Å². The fourth-order valence-electron chi connectivity index (χ4n) is 1.42. The molecule has 0 fully saturated rings. The number of carbonyl (C=O) groups excluding carboxylic acids is 1. The molecule has 5 heteroatoms. The average molecular weight is 271 g/mol. The fourth-order valence-corrected chi connectivity index (χ4v) is 1.60. The Morgan fingerprint density at radius 1 is 1.50 bits per heavy atom. The molecule has 18 heavy (non-hydrogen) atoms. The Morgan fingerprint density at radius 3 is 2.89 bits per heavy atom. The molecule has 100 valence electrons. The first-order valence-corrected chi connectivity index (χ1v) is 6.34. The summed E-state index contributed by atoms with van der Waals surface area (Å²) in [4.78, 5) is 11.8. The van der Waals surface area contributed by atoms with Gasteiger partial charge in [-0.3, -0.25) is 4.79 Å². The van der Waals surface area contributed by atoms with Crippen LogP contribution in [0.1, 0.15) is 30.6 Å². The smallest absolute Gasteiger partial charge is 0.253 e. The lowest BCUT2D eigenvalue weighted by molar-refractivity contribution is 0.0757.